The molecule has 0 radical (unpaired) electrons. The Morgan fingerprint density at radius 3 is 0.571 bits per heavy atom. The van der Waals surface area contributed by atoms with Crippen LogP contribution in [0.3, 0.4) is 0 Å². The maximum absolute atomic E-state index is 12.9. The third-order valence-electron chi connectivity index (χ3n) is 1.74. The minimum absolute atomic E-state index is 6.10. The van der Waals surface area contributed by atoms with Crippen LogP contribution in [0.4, 0.5) is 61.5 Å². The molecule has 0 bridgehead atoms. The summed E-state index contributed by atoms with van der Waals surface area (Å²) in [6, 6.07) is 0. The molecule has 0 unspecified atom stereocenters. The van der Waals surface area contributed by atoms with E-state index in [9.17, 15) is 61.5 Å². The summed E-state index contributed by atoms with van der Waals surface area (Å²) < 4.78 is 155. The molecule has 0 fully saturated rings. The van der Waals surface area contributed by atoms with E-state index in [0.29, 0.717) is 0 Å². The van der Waals surface area contributed by atoms with Gasteiger partial charge < -0.3 is 0 Å². The van der Waals surface area contributed by atoms with Crippen molar-refractivity contribution in [2.45, 2.75) is 32.1 Å². The molecule has 0 saturated heterocycles. The fourth-order valence-electron chi connectivity index (χ4n) is 0.747. The summed E-state index contributed by atoms with van der Waals surface area (Å²) in [6.07, 6.45) is -28.8. The topological polar surface area (TPSA) is 0 Å². The van der Waals surface area contributed by atoms with E-state index in [1.165, 1.54) is 0 Å². The average Bonchev–Trinajstić information content (AvgIpc) is 2.09. The summed E-state index contributed by atoms with van der Waals surface area (Å²) in [5.41, 5.74) is 0. The third kappa shape index (κ3) is 3.59. The molecule has 0 aliphatic carbocycles. The van der Waals surface area contributed by atoms with Gasteiger partial charge in [0, 0.05) is 0 Å². The summed E-state index contributed by atoms with van der Waals surface area (Å²) in [5.74, 6) is 0. The second kappa shape index (κ2) is 5.17. The Hall–Kier alpha value is -0.190. The number of rotatable bonds is 2. The van der Waals surface area contributed by atoms with E-state index in [0.717, 1.165) is 0 Å². The van der Waals surface area contributed by atoms with Crippen LogP contribution in [0.2, 0.25) is 0 Å². The maximum atomic E-state index is 12.9. The van der Waals surface area contributed by atoms with Gasteiger partial charge in [-0.05, 0) is 0 Å². The molecule has 0 aromatic carbocycles. The van der Waals surface area contributed by atoms with Gasteiger partial charge in [0.2, 0.25) is 0 Å². The molecule has 21 heavy (non-hydrogen) atoms. The van der Waals surface area contributed by atoms with Crippen LogP contribution < -0.4 is 0 Å². The Kier molecular flexibility index (Phi) is 5.13. The first-order valence-corrected chi connectivity index (χ1v) is 6.38. The van der Waals surface area contributed by atoms with Crippen LogP contribution in [-0.4, -0.2) is 53.1 Å². The van der Waals surface area contributed by atoms with Crippen LogP contribution in [-0.2, 0) is 0 Å². The summed E-state index contributed by atoms with van der Waals surface area (Å²) in [5, 5.41) is 0. The van der Waals surface area contributed by atoms with Crippen LogP contribution in [0, 0.1) is 0 Å². The number of hydrogen-bond acceptors (Lipinski definition) is 0. The third-order valence-corrected chi connectivity index (χ3v) is 5.99. The van der Waals surface area contributed by atoms with Crippen molar-refractivity contribution in [1.29, 1.82) is 0 Å². The molecule has 0 N–H and O–H groups in total. The fraction of sp³-hybridized carbons (Fsp3) is 1.00. The summed E-state index contributed by atoms with van der Waals surface area (Å²) in [4.78, 5) is 0. The van der Waals surface area contributed by atoms with Gasteiger partial charge in [0.15, 0.2) is 0 Å². The molecule has 0 aliphatic heterocycles. The Bertz CT molecular complexity index is 303. The van der Waals surface area contributed by atoms with Gasteiger partial charge in [-0.3, -0.25) is 0 Å². The van der Waals surface area contributed by atoms with E-state index < -0.39 is 53.1 Å². The summed E-state index contributed by atoms with van der Waals surface area (Å²) in [7, 11) is 0. The molecule has 0 amide bonds. The second-order valence-corrected chi connectivity index (χ2v) is 7.08. The Morgan fingerprint density at radius 1 is 0.333 bits per heavy atom. The zero-order valence-electron chi connectivity index (χ0n) is 8.70. The average molecular weight is 466 g/mol. The van der Waals surface area contributed by atoms with Crippen molar-refractivity contribution in [3.05, 3.63) is 0 Å². The van der Waals surface area contributed by atoms with Crippen LogP contribution in [0.25, 0.3) is 0 Å². The molecule has 0 spiro atoms. The van der Waals surface area contributed by atoms with Crippen molar-refractivity contribution in [2.75, 3.05) is 0 Å². The molecular weight excluding hydrogens is 466 g/mol. The molecule has 0 saturated carbocycles. The molecule has 0 nitrogen and oxygen atoms in total. The van der Waals surface area contributed by atoms with Crippen molar-refractivity contribution in [3.8, 4) is 0 Å². The molecule has 0 aromatic rings. The normalized spacial score (nSPS) is 16.3. The number of alkyl halides is 14. The van der Waals surface area contributed by atoms with Gasteiger partial charge in [0.1, 0.15) is 0 Å². The monoisotopic (exact) mass is 468 g/mol. The van der Waals surface area contributed by atoms with E-state index in [2.05, 4.69) is 0 Å². The van der Waals surface area contributed by atoms with Gasteiger partial charge in [-0.2, -0.15) is 0 Å². The molecule has 0 aromatic heterocycles. The SMILES string of the molecule is FC(F)(F)C(F)([Te]C(F)(C(F)(F)F)C(F)(F)F)C(F)(F)F. The zero-order valence-corrected chi connectivity index (χ0v) is 11.0. The van der Waals surface area contributed by atoms with Gasteiger partial charge in [-0.25, -0.2) is 0 Å². The van der Waals surface area contributed by atoms with Gasteiger partial charge in [-0.1, -0.05) is 0 Å². The Morgan fingerprint density at radius 2 is 0.476 bits per heavy atom. The van der Waals surface area contributed by atoms with Crippen LogP contribution >= 0.6 is 0 Å². The zero-order chi connectivity index (χ0) is 17.7. The van der Waals surface area contributed by atoms with E-state index in [1.807, 2.05) is 0 Å². The molecule has 0 heterocycles. The molecule has 0 atom stereocenters. The summed E-state index contributed by atoms with van der Waals surface area (Å²) >= 11 is -6.10. The molecular formula is C6F14Te. The van der Waals surface area contributed by atoms with Gasteiger partial charge >= 0.3 is 115 Å². The van der Waals surface area contributed by atoms with Crippen molar-refractivity contribution in [2.24, 2.45) is 0 Å². The van der Waals surface area contributed by atoms with E-state index >= 15 is 0 Å². The first kappa shape index (κ1) is 20.8. The number of hydrogen-bond donors (Lipinski definition) is 0. The van der Waals surface area contributed by atoms with Crippen molar-refractivity contribution in [3.63, 3.8) is 0 Å². The van der Waals surface area contributed by atoms with Gasteiger partial charge in [0.25, 0.3) is 0 Å². The van der Waals surface area contributed by atoms with E-state index in [1.54, 1.807) is 0 Å². The van der Waals surface area contributed by atoms with Gasteiger partial charge in [0.05, 0.1) is 0 Å². The first-order chi connectivity index (χ1) is 8.71. The predicted octanol–water partition coefficient (Wildman–Crippen LogP) is 4.27. The van der Waals surface area contributed by atoms with Crippen LogP contribution in [0.5, 0.6) is 0 Å². The Balaban J connectivity index is 6.15. The van der Waals surface area contributed by atoms with E-state index in [-0.39, 0.29) is 0 Å². The van der Waals surface area contributed by atoms with Crippen molar-refractivity contribution in [1.82, 2.24) is 0 Å². The van der Waals surface area contributed by atoms with Crippen molar-refractivity contribution >= 4 is 20.9 Å². The molecule has 128 valence electrons. The number of halogens is 14. The molecule has 0 aliphatic rings. The second-order valence-electron chi connectivity index (χ2n) is 3.28. The van der Waals surface area contributed by atoms with Crippen LogP contribution in [0.1, 0.15) is 0 Å². The fourth-order valence-corrected chi connectivity index (χ4v) is 3.17. The van der Waals surface area contributed by atoms with Crippen molar-refractivity contribution < 1.29 is 61.5 Å². The molecule has 15 heteroatoms. The van der Waals surface area contributed by atoms with Crippen LogP contribution in [0.15, 0.2) is 0 Å². The first-order valence-electron chi connectivity index (χ1n) is 4.05. The standard InChI is InChI=1S/C6F14Te/c7-1(3(9,10)11,4(12,13)14)21-2(8,5(15,16)17)6(18,19)20. The van der Waals surface area contributed by atoms with Gasteiger partial charge in [-0.15, -0.1) is 0 Å². The minimum atomic E-state index is -7.19. The Labute approximate surface area is 115 Å². The van der Waals surface area contributed by atoms with E-state index in [4.69, 9.17) is 0 Å². The summed E-state index contributed by atoms with van der Waals surface area (Å²) in [6.45, 7) is 0. The molecule has 0 rings (SSSR count). The quantitative estimate of drug-likeness (QED) is 0.422. The predicted molar refractivity (Wildman–Crippen MR) is 37.7 cm³/mol.